The fourth-order valence-electron chi connectivity index (χ4n) is 5.00. The molecule has 4 heterocycles. The largest absolute Gasteiger partial charge is 0.487 e. The van der Waals surface area contributed by atoms with Crippen molar-refractivity contribution in [3.8, 4) is 5.75 Å². The summed E-state index contributed by atoms with van der Waals surface area (Å²) >= 11 is 0. The number of esters is 1. The summed E-state index contributed by atoms with van der Waals surface area (Å²) in [5, 5.41) is 39.1. The SMILES string of the molecule is C[C@@H]1COc2c(N3CCN(C)CC3)c(F)cc3c(=O)c(C(=O)O[C@@H]4O[C@H](C(=O)O)[C@@H](O)[C@H](O)[C@H]4O)cn1c23. The van der Waals surface area contributed by atoms with Crippen molar-refractivity contribution < 1.29 is 48.6 Å². The van der Waals surface area contributed by atoms with E-state index in [0.29, 0.717) is 31.7 Å². The molecule has 0 radical (unpaired) electrons. The number of carbonyl (C=O) groups excluding carboxylic acids is 1. The number of benzene rings is 1. The number of carbonyl (C=O) groups is 2. The van der Waals surface area contributed by atoms with E-state index >= 15 is 4.39 Å². The highest BCUT2D eigenvalue weighted by Gasteiger charge is 2.49. The lowest BCUT2D eigenvalue weighted by atomic mass is 9.99. The minimum Gasteiger partial charge on any atom is -0.487 e. The normalized spacial score (nSPS) is 29.7. The highest BCUT2D eigenvalue weighted by molar-refractivity contribution is 5.98. The Balaban J connectivity index is 1.54. The van der Waals surface area contributed by atoms with Gasteiger partial charge in [-0.15, -0.1) is 0 Å². The molecule has 206 valence electrons. The number of aromatic nitrogens is 1. The maximum Gasteiger partial charge on any atom is 0.346 e. The van der Waals surface area contributed by atoms with E-state index in [1.807, 2.05) is 11.9 Å². The Morgan fingerprint density at radius 2 is 1.79 bits per heavy atom. The number of nitrogens with zero attached hydrogens (tertiary/aromatic N) is 3. The van der Waals surface area contributed by atoms with Crippen LogP contribution < -0.4 is 15.1 Å². The van der Waals surface area contributed by atoms with E-state index in [-0.39, 0.29) is 29.5 Å². The first-order valence-electron chi connectivity index (χ1n) is 12.1. The van der Waals surface area contributed by atoms with Gasteiger partial charge in [0.2, 0.25) is 11.7 Å². The Kier molecular flexibility index (Phi) is 6.77. The first-order valence-corrected chi connectivity index (χ1v) is 12.1. The Morgan fingerprint density at radius 1 is 1.11 bits per heavy atom. The minimum absolute atomic E-state index is 0.125. The van der Waals surface area contributed by atoms with Crippen LogP contribution in [-0.2, 0) is 14.3 Å². The molecule has 0 saturated carbocycles. The summed E-state index contributed by atoms with van der Waals surface area (Å²) in [7, 11) is 1.97. The predicted molar refractivity (Wildman–Crippen MR) is 128 cm³/mol. The van der Waals surface area contributed by atoms with Crippen LogP contribution in [0.25, 0.3) is 10.9 Å². The van der Waals surface area contributed by atoms with Gasteiger partial charge in [0.1, 0.15) is 36.2 Å². The van der Waals surface area contributed by atoms with Crippen LogP contribution in [0.2, 0.25) is 0 Å². The number of piperazine rings is 1. The number of carboxylic acid groups (broad SMARTS) is 1. The number of ether oxygens (including phenoxy) is 3. The number of halogens is 1. The maximum absolute atomic E-state index is 15.5. The van der Waals surface area contributed by atoms with Crippen molar-refractivity contribution >= 4 is 28.5 Å². The maximum atomic E-state index is 15.5. The van der Waals surface area contributed by atoms with Crippen LogP contribution in [0.15, 0.2) is 17.1 Å². The van der Waals surface area contributed by atoms with Crippen molar-refractivity contribution in [2.45, 2.75) is 43.7 Å². The van der Waals surface area contributed by atoms with Gasteiger partial charge in [-0.25, -0.2) is 14.0 Å². The molecule has 38 heavy (non-hydrogen) atoms. The molecule has 1 aromatic carbocycles. The van der Waals surface area contributed by atoms with Crippen LogP contribution in [0, 0.1) is 5.82 Å². The van der Waals surface area contributed by atoms with Crippen molar-refractivity contribution in [1.82, 2.24) is 9.47 Å². The summed E-state index contributed by atoms with van der Waals surface area (Å²) in [6.07, 6.45) is -8.72. The van der Waals surface area contributed by atoms with Crippen LogP contribution in [0.4, 0.5) is 10.1 Å². The van der Waals surface area contributed by atoms with Gasteiger partial charge in [0.25, 0.3) is 0 Å². The van der Waals surface area contributed by atoms with E-state index in [9.17, 15) is 34.8 Å². The first kappa shape index (κ1) is 26.3. The molecule has 2 saturated heterocycles. The molecule has 0 bridgehead atoms. The molecule has 3 aliphatic heterocycles. The zero-order chi connectivity index (χ0) is 27.5. The van der Waals surface area contributed by atoms with E-state index in [1.165, 1.54) is 6.20 Å². The quantitative estimate of drug-likeness (QED) is 0.348. The number of hydrogen-bond donors (Lipinski definition) is 4. The Bertz CT molecular complexity index is 1340. The summed E-state index contributed by atoms with van der Waals surface area (Å²) in [6.45, 7) is 4.47. The van der Waals surface area contributed by atoms with Crippen molar-refractivity contribution in [3.63, 3.8) is 0 Å². The molecule has 2 aromatic rings. The lowest BCUT2D eigenvalue weighted by molar-refractivity contribution is -0.278. The highest BCUT2D eigenvalue weighted by Crippen LogP contribution is 2.42. The second-order valence-electron chi connectivity index (χ2n) is 9.80. The number of carboxylic acids is 1. The van der Waals surface area contributed by atoms with Gasteiger partial charge in [-0.1, -0.05) is 0 Å². The second-order valence-corrected chi connectivity index (χ2v) is 9.80. The van der Waals surface area contributed by atoms with E-state index in [0.717, 1.165) is 6.07 Å². The third kappa shape index (κ3) is 4.27. The predicted octanol–water partition coefficient (Wildman–Crippen LogP) is -1.11. The molecule has 4 N–H and O–H groups in total. The van der Waals surface area contributed by atoms with Crippen LogP contribution >= 0.6 is 0 Å². The van der Waals surface area contributed by atoms with E-state index in [1.54, 1.807) is 11.5 Å². The standard InChI is InChI=1S/C24H28FN3O10/c1-10-9-36-20-14-11(7-13(25)15(20)27-5-3-26(2)4-6-27)16(29)12(8-28(10)14)23(35)38-24-19(32)17(30)18(31)21(37-24)22(33)34/h7-8,10,17-19,21,24,30-32H,3-6,9H2,1-2H3,(H,33,34)/t10-,17+,18+,19-,21+,24+/m1/s1. The minimum atomic E-state index is -2.00. The molecule has 0 aliphatic carbocycles. The van der Waals surface area contributed by atoms with Crippen LogP contribution in [0.3, 0.4) is 0 Å². The van der Waals surface area contributed by atoms with Crippen molar-refractivity contribution in [3.05, 3.63) is 33.9 Å². The Hall–Kier alpha value is -3.30. The molecule has 0 amide bonds. The highest BCUT2D eigenvalue weighted by atomic mass is 19.1. The number of rotatable bonds is 4. The topological polar surface area (TPSA) is 171 Å². The van der Waals surface area contributed by atoms with Gasteiger partial charge in [0.15, 0.2) is 17.7 Å². The van der Waals surface area contributed by atoms with Gasteiger partial charge in [0.05, 0.1) is 16.9 Å². The lowest BCUT2D eigenvalue weighted by Crippen LogP contribution is -2.60. The number of likely N-dealkylation sites (N-methyl/N-ethyl adjacent to an activating group) is 1. The smallest absolute Gasteiger partial charge is 0.346 e. The van der Waals surface area contributed by atoms with Gasteiger partial charge in [-0.2, -0.15) is 0 Å². The van der Waals surface area contributed by atoms with Gasteiger partial charge in [-0.05, 0) is 20.0 Å². The van der Waals surface area contributed by atoms with Crippen molar-refractivity contribution in [2.75, 3.05) is 44.7 Å². The first-order chi connectivity index (χ1) is 18.0. The molecule has 2 fully saturated rings. The summed E-state index contributed by atoms with van der Waals surface area (Å²) in [6, 6.07) is 0.698. The van der Waals surface area contributed by atoms with E-state index in [2.05, 4.69) is 4.90 Å². The Morgan fingerprint density at radius 3 is 2.45 bits per heavy atom. The monoisotopic (exact) mass is 537 g/mol. The molecular weight excluding hydrogens is 509 g/mol. The number of aliphatic carboxylic acids is 1. The lowest BCUT2D eigenvalue weighted by Gasteiger charge is -2.38. The van der Waals surface area contributed by atoms with Crippen LogP contribution in [0.1, 0.15) is 23.3 Å². The van der Waals surface area contributed by atoms with Gasteiger partial charge < -0.3 is 49.0 Å². The fourth-order valence-corrected chi connectivity index (χ4v) is 5.00. The number of hydrogen-bond acceptors (Lipinski definition) is 11. The van der Waals surface area contributed by atoms with E-state index in [4.69, 9.17) is 14.2 Å². The average Bonchev–Trinajstić information content (AvgIpc) is 2.88. The third-order valence-electron chi connectivity index (χ3n) is 7.22. The van der Waals surface area contributed by atoms with Crippen molar-refractivity contribution in [2.24, 2.45) is 0 Å². The molecule has 5 rings (SSSR count). The molecule has 0 spiro atoms. The average molecular weight is 537 g/mol. The fraction of sp³-hybridized carbons (Fsp3) is 0.542. The van der Waals surface area contributed by atoms with Crippen LogP contribution in [-0.4, -0.2) is 112 Å². The second kappa shape index (κ2) is 9.78. The van der Waals surface area contributed by atoms with Gasteiger partial charge in [-0.3, -0.25) is 4.79 Å². The molecule has 1 aromatic heterocycles. The zero-order valence-corrected chi connectivity index (χ0v) is 20.6. The summed E-state index contributed by atoms with van der Waals surface area (Å²) in [4.78, 5) is 41.7. The number of aliphatic hydroxyl groups excluding tert-OH is 3. The number of pyridine rings is 1. The summed E-state index contributed by atoms with van der Waals surface area (Å²) < 4.78 is 33.0. The Labute approximate surface area is 215 Å². The molecule has 14 heteroatoms. The molecular formula is C24H28FN3O10. The molecule has 0 unspecified atom stereocenters. The van der Waals surface area contributed by atoms with E-state index < -0.39 is 59.5 Å². The van der Waals surface area contributed by atoms with Crippen LogP contribution in [0.5, 0.6) is 5.75 Å². The van der Waals surface area contributed by atoms with Crippen molar-refractivity contribution in [1.29, 1.82) is 0 Å². The molecule has 13 nitrogen and oxygen atoms in total. The summed E-state index contributed by atoms with van der Waals surface area (Å²) in [5.41, 5.74) is -0.831. The summed E-state index contributed by atoms with van der Waals surface area (Å²) in [5.74, 6) is -3.44. The molecule has 3 aliphatic rings. The number of aliphatic hydroxyl groups is 3. The third-order valence-corrected chi connectivity index (χ3v) is 7.22. The van der Waals surface area contributed by atoms with Gasteiger partial charge in [0, 0.05) is 32.4 Å². The zero-order valence-electron chi connectivity index (χ0n) is 20.6. The number of anilines is 1. The molecule has 6 atom stereocenters. The van der Waals surface area contributed by atoms with Gasteiger partial charge >= 0.3 is 11.9 Å².